The fourth-order valence-electron chi connectivity index (χ4n) is 2.57. The predicted molar refractivity (Wildman–Crippen MR) is 84.0 cm³/mol. The summed E-state index contributed by atoms with van der Waals surface area (Å²) < 4.78 is 30.7. The summed E-state index contributed by atoms with van der Waals surface area (Å²) in [4.78, 5) is 2.37. The van der Waals surface area contributed by atoms with Crippen LogP contribution in [0, 0.1) is 0 Å². The van der Waals surface area contributed by atoms with E-state index >= 15 is 0 Å². The molecule has 1 N–H and O–H groups in total. The van der Waals surface area contributed by atoms with E-state index in [0.717, 1.165) is 44.6 Å². The lowest BCUT2D eigenvalue weighted by molar-refractivity contribution is 0.189. The standard InChI is InChI=1S/C15H24N2O3S/c1-21(18,19)16-14-8-11-17(12-9-14)10-5-13-20-15-6-3-2-4-7-15/h2-4,6-7,14,16H,5,8-13H2,1H3. The highest BCUT2D eigenvalue weighted by molar-refractivity contribution is 7.88. The maximum atomic E-state index is 11.2. The van der Waals surface area contributed by atoms with Crippen molar-refractivity contribution in [1.82, 2.24) is 9.62 Å². The minimum Gasteiger partial charge on any atom is -0.494 e. The first-order chi connectivity index (χ1) is 10.0. The number of rotatable bonds is 7. The molecular formula is C15H24N2O3S. The molecule has 1 heterocycles. The quantitative estimate of drug-likeness (QED) is 0.775. The van der Waals surface area contributed by atoms with Crippen LogP contribution in [0.4, 0.5) is 0 Å². The summed E-state index contributed by atoms with van der Waals surface area (Å²) in [5.41, 5.74) is 0. The van der Waals surface area contributed by atoms with Gasteiger partial charge in [-0.25, -0.2) is 13.1 Å². The average molecular weight is 312 g/mol. The molecule has 0 amide bonds. The smallest absolute Gasteiger partial charge is 0.208 e. The summed E-state index contributed by atoms with van der Waals surface area (Å²) in [7, 11) is -3.08. The van der Waals surface area contributed by atoms with E-state index in [9.17, 15) is 8.42 Å². The van der Waals surface area contributed by atoms with Crippen LogP contribution in [0.25, 0.3) is 0 Å². The van der Waals surface area contributed by atoms with Crippen LogP contribution in [0.5, 0.6) is 5.75 Å². The Labute approximate surface area is 127 Å². The van der Waals surface area contributed by atoms with Crippen LogP contribution in [0.15, 0.2) is 30.3 Å². The van der Waals surface area contributed by atoms with Gasteiger partial charge in [-0.1, -0.05) is 18.2 Å². The zero-order valence-electron chi connectivity index (χ0n) is 12.5. The number of sulfonamides is 1. The third-order valence-electron chi connectivity index (χ3n) is 3.60. The predicted octanol–water partition coefficient (Wildman–Crippen LogP) is 1.47. The van der Waals surface area contributed by atoms with Crippen LogP contribution in [0.3, 0.4) is 0 Å². The topological polar surface area (TPSA) is 58.6 Å². The summed E-state index contributed by atoms with van der Waals surface area (Å²) in [5.74, 6) is 0.911. The molecule has 1 aromatic rings. The second-order valence-electron chi connectivity index (χ2n) is 5.52. The molecule has 1 aromatic carbocycles. The van der Waals surface area contributed by atoms with Crippen LogP contribution in [-0.4, -0.2) is 51.9 Å². The Bertz CT molecular complexity index is 511. The van der Waals surface area contributed by atoms with Crippen molar-refractivity contribution >= 4 is 10.0 Å². The number of hydrogen-bond donors (Lipinski definition) is 1. The van der Waals surface area contributed by atoms with E-state index in [1.54, 1.807) is 0 Å². The van der Waals surface area contributed by atoms with E-state index < -0.39 is 10.0 Å². The molecule has 0 spiro atoms. The third-order valence-corrected chi connectivity index (χ3v) is 4.36. The number of piperidine rings is 1. The fraction of sp³-hybridized carbons (Fsp3) is 0.600. The fourth-order valence-corrected chi connectivity index (χ4v) is 3.41. The second kappa shape index (κ2) is 7.77. The van der Waals surface area contributed by atoms with Crippen molar-refractivity contribution in [1.29, 1.82) is 0 Å². The molecule has 0 atom stereocenters. The lowest BCUT2D eigenvalue weighted by Crippen LogP contribution is -2.44. The van der Waals surface area contributed by atoms with Gasteiger partial charge >= 0.3 is 0 Å². The summed E-state index contributed by atoms with van der Waals surface area (Å²) >= 11 is 0. The Morgan fingerprint density at radius 3 is 2.52 bits per heavy atom. The van der Waals surface area contributed by atoms with E-state index in [-0.39, 0.29) is 6.04 Å². The van der Waals surface area contributed by atoms with Gasteiger partial charge in [0.15, 0.2) is 0 Å². The first kappa shape index (κ1) is 16.3. The molecule has 1 aliphatic heterocycles. The van der Waals surface area contributed by atoms with E-state index in [2.05, 4.69) is 9.62 Å². The Hall–Kier alpha value is -1.11. The van der Waals surface area contributed by atoms with Crippen molar-refractivity contribution in [2.45, 2.75) is 25.3 Å². The second-order valence-corrected chi connectivity index (χ2v) is 7.30. The van der Waals surface area contributed by atoms with Crippen LogP contribution in [0.1, 0.15) is 19.3 Å². The zero-order chi connectivity index (χ0) is 15.1. The Balaban J connectivity index is 1.59. The number of hydrogen-bond acceptors (Lipinski definition) is 4. The molecule has 0 unspecified atom stereocenters. The molecule has 1 aliphatic rings. The lowest BCUT2D eigenvalue weighted by Gasteiger charge is -2.31. The first-order valence-corrected chi connectivity index (χ1v) is 9.29. The van der Waals surface area contributed by atoms with Gasteiger partial charge in [0.25, 0.3) is 0 Å². The Morgan fingerprint density at radius 2 is 1.90 bits per heavy atom. The number of nitrogens with one attached hydrogen (secondary N) is 1. The number of para-hydroxylation sites is 1. The largest absolute Gasteiger partial charge is 0.494 e. The number of nitrogens with zero attached hydrogens (tertiary/aromatic N) is 1. The maximum Gasteiger partial charge on any atom is 0.208 e. The van der Waals surface area contributed by atoms with E-state index in [1.165, 1.54) is 6.26 Å². The zero-order valence-corrected chi connectivity index (χ0v) is 13.3. The average Bonchev–Trinajstić information content (AvgIpc) is 2.45. The highest BCUT2D eigenvalue weighted by Gasteiger charge is 2.21. The van der Waals surface area contributed by atoms with Crippen molar-refractivity contribution < 1.29 is 13.2 Å². The minimum absolute atomic E-state index is 0.0943. The molecule has 0 bridgehead atoms. The van der Waals surface area contributed by atoms with Gasteiger partial charge in [0.05, 0.1) is 12.9 Å². The SMILES string of the molecule is CS(=O)(=O)NC1CCN(CCCOc2ccccc2)CC1. The van der Waals surface area contributed by atoms with Crippen molar-refractivity contribution in [3.63, 3.8) is 0 Å². The minimum atomic E-state index is -3.08. The number of likely N-dealkylation sites (tertiary alicyclic amines) is 1. The van der Waals surface area contributed by atoms with Gasteiger partial charge in [-0.05, 0) is 44.5 Å². The van der Waals surface area contributed by atoms with Gasteiger partial charge in [0.2, 0.25) is 10.0 Å². The van der Waals surface area contributed by atoms with Crippen molar-refractivity contribution in [3.05, 3.63) is 30.3 Å². The van der Waals surface area contributed by atoms with Gasteiger partial charge in [-0.3, -0.25) is 0 Å². The Morgan fingerprint density at radius 1 is 1.24 bits per heavy atom. The van der Waals surface area contributed by atoms with Crippen molar-refractivity contribution in [3.8, 4) is 5.75 Å². The van der Waals surface area contributed by atoms with Crippen LogP contribution in [0.2, 0.25) is 0 Å². The van der Waals surface area contributed by atoms with Gasteiger partial charge in [0, 0.05) is 12.6 Å². The van der Waals surface area contributed by atoms with Gasteiger partial charge in [-0.15, -0.1) is 0 Å². The summed E-state index contributed by atoms with van der Waals surface area (Å²) in [5, 5.41) is 0. The molecule has 0 aromatic heterocycles. The number of benzene rings is 1. The van der Waals surface area contributed by atoms with Gasteiger partial charge in [-0.2, -0.15) is 0 Å². The van der Waals surface area contributed by atoms with Crippen molar-refractivity contribution in [2.24, 2.45) is 0 Å². The maximum absolute atomic E-state index is 11.2. The van der Waals surface area contributed by atoms with E-state index in [0.29, 0.717) is 6.61 Å². The molecule has 21 heavy (non-hydrogen) atoms. The van der Waals surface area contributed by atoms with Crippen LogP contribution >= 0.6 is 0 Å². The van der Waals surface area contributed by atoms with E-state index in [4.69, 9.17) is 4.74 Å². The lowest BCUT2D eigenvalue weighted by atomic mass is 10.1. The van der Waals surface area contributed by atoms with Crippen LogP contribution in [-0.2, 0) is 10.0 Å². The molecule has 118 valence electrons. The summed E-state index contributed by atoms with van der Waals surface area (Å²) in [6.45, 7) is 3.60. The molecule has 6 heteroatoms. The van der Waals surface area contributed by atoms with Gasteiger partial charge in [0.1, 0.15) is 5.75 Å². The normalized spacial score (nSPS) is 17.8. The molecule has 1 fully saturated rings. The highest BCUT2D eigenvalue weighted by atomic mass is 32.2. The monoisotopic (exact) mass is 312 g/mol. The summed E-state index contributed by atoms with van der Waals surface area (Å²) in [6, 6.07) is 9.92. The molecule has 0 saturated carbocycles. The summed E-state index contributed by atoms with van der Waals surface area (Å²) in [6.07, 6.45) is 3.97. The molecule has 5 nitrogen and oxygen atoms in total. The Kier molecular flexibility index (Phi) is 6.02. The molecular weight excluding hydrogens is 288 g/mol. The molecule has 0 aliphatic carbocycles. The van der Waals surface area contributed by atoms with Crippen LogP contribution < -0.4 is 9.46 Å². The van der Waals surface area contributed by atoms with E-state index in [1.807, 2.05) is 30.3 Å². The highest BCUT2D eigenvalue weighted by Crippen LogP contribution is 2.12. The molecule has 1 saturated heterocycles. The molecule has 2 rings (SSSR count). The van der Waals surface area contributed by atoms with Gasteiger partial charge < -0.3 is 9.64 Å². The number of ether oxygens (including phenoxy) is 1. The van der Waals surface area contributed by atoms with Crippen molar-refractivity contribution in [2.75, 3.05) is 32.5 Å². The third kappa shape index (κ3) is 6.46. The first-order valence-electron chi connectivity index (χ1n) is 7.40. The molecule has 0 radical (unpaired) electrons.